The van der Waals surface area contributed by atoms with Gasteiger partial charge in [0, 0.05) is 0 Å². The van der Waals surface area contributed by atoms with Gasteiger partial charge in [-0.25, -0.2) is 0 Å². The molecule has 0 nitrogen and oxygen atoms in total. The molecule has 1 rings (SSSR count). The second-order valence-electron chi connectivity index (χ2n) is 3.68. The van der Waals surface area contributed by atoms with Gasteiger partial charge in [0.15, 0.2) is 0 Å². The van der Waals surface area contributed by atoms with E-state index in [1.54, 1.807) is 0 Å². The van der Waals surface area contributed by atoms with E-state index in [2.05, 4.69) is 33.8 Å². The third-order valence-electron chi connectivity index (χ3n) is 2.72. The average molecular weight is 137 g/mol. The van der Waals surface area contributed by atoms with Crippen molar-refractivity contribution in [2.75, 3.05) is 0 Å². The first-order valence-electron chi connectivity index (χ1n) is 4.12. The maximum atomic E-state index is 4.10. The van der Waals surface area contributed by atoms with Gasteiger partial charge in [-0.15, -0.1) is 0 Å². The highest BCUT2D eigenvalue weighted by Gasteiger charge is 2.20. The molecule has 10 heavy (non-hydrogen) atoms. The van der Waals surface area contributed by atoms with Gasteiger partial charge in [-0.05, 0) is 38.0 Å². The van der Waals surface area contributed by atoms with Crippen LogP contribution in [0.4, 0.5) is 0 Å². The maximum absolute atomic E-state index is 4.10. The topological polar surface area (TPSA) is 0 Å². The zero-order chi connectivity index (χ0) is 7.72. The molecule has 0 fully saturated rings. The van der Waals surface area contributed by atoms with Crippen LogP contribution in [0.2, 0.25) is 0 Å². The van der Waals surface area contributed by atoms with E-state index >= 15 is 0 Å². The highest BCUT2D eigenvalue weighted by atomic mass is 14.3. The summed E-state index contributed by atoms with van der Waals surface area (Å²) in [7, 11) is 0. The zero-order valence-corrected chi connectivity index (χ0v) is 7.22. The Kier molecular flexibility index (Phi) is 2.18. The van der Waals surface area contributed by atoms with Crippen molar-refractivity contribution < 1.29 is 0 Å². The second kappa shape index (κ2) is 2.77. The van der Waals surface area contributed by atoms with Gasteiger partial charge in [0.25, 0.3) is 0 Å². The van der Waals surface area contributed by atoms with Gasteiger partial charge >= 0.3 is 0 Å². The van der Waals surface area contributed by atoms with E-state index in [1.807, 2.05) is 0 Å². The average Bonchev–Trinajstić information content (AvgIpc) is 1.84. The Balaban J connectivity index is 2.69. The standard InChI is InChI=1S/C10H17/c1-7-5-9(3)10(4)6-8(7)2/h6-7,9-10H,1,5H2,2-4H3/t7-,9?,10?/m0/s1. The summed E-state index contributed by atoms with van der Waals surface area (Å²) in [5.41, 5.74) is 1.48. The monoisotopic (exact) mass is 137 g/mol. The molecule has 2 unspecified atom stereocenters. The Morgan fingerprint density at radius 1 is 1.50 bits per heavy atom. The first kappa shape index (κ1) is 7.84. The molecule has 57 valence electrons. The van der Waals surface area contributed by atoms with Crippen molar-refractivity contribution in [1.29, 1.82) is 0 Å². The molecule has 3 atom stereocenters. The lowest BCUT2D eigenvalue weighted by Gasteiger charge is -2.28. The summed E-state index contributed by atoms with van der Waals surface area (Å²) in [6.45, 7) is 10.9. The quantitative estimate of drug-likeness (QED) is 0.450. The van der Waals surface area contributed by atoms with Crippen molar-refractivity contribution in [1.82, 2.24) is 0 Å². The molecule has 0 saturated heterocycles. The van der Waals surface area contributed by atoms with Crippen molar-refractivity contribution in [3.05, 3.63) is 18.6 Å². The van der Waals surface area contributed by atoms with Crippen LogP contribution >= 0.6 is 0 Å². The molecule has 0 bridgehead atoms. The summed E-state index contributed by atoms with van der Waals surface area (Å²) in [6, 6.07) is 0. The molecule has 0 aromatic rings. The van der Waals surface area contributed by atoms with Gasteiger partial charge in [-0.3, -0.25) is 0 Å². The fourth-order valence-corrected chi connectivity index (χ4v) is 1.56. The number of hydrogen-bond donors (Lipinski definition) is 0. The first-order chi connectivity index (χ1) is 4.61. The summed E-state index contributed by atoms with van der Waals surface area (Å²) in [5, 5.41) is 0. The molecule has 0 saturated carbocycles. The lowest BCUT2D eigenvalue weighted by Crippen LogP contribution is -2.17. The van der Waals surface area contributed by atoms with Crippen molar-refractivity contribution in [2.45, 2.75) is 27.2 Å². The van der Waals surface area contributed by atoms with Crippen LogP contribution < -0.4 is 0 Å². The second-order valence-corrected chi connectivity index (χ2v) is 3.68. The third-order valence-corrected chi connectivity index (χ3v) is 2.72. The maximum Gasteiger partial charge on any atom is -0.0203 e. The van der Waals surface area contributed by atoms with Gasteiger partial charge < -0.3 is 0 Å². The minimum atomic E-state index is 0.575. The largest absolute Gasteiger partial charge is 0.0822 e. The highest BCUT2D eigenvalue weighted by Crippen LogP contribution is 2.31. The molecule has 0 aromatic heterocycles. The fraction of sp³-hybridized carbons (Fsp3) is 0.700. The first-order valence-corrected chi connectivity index (χ1v) is 4.12. The molecule has 1 aliphatic carbocycles. The van der Waals surface area contributed by atoms with Crippen molar-refractivity contribution >= 4 is 0 Å². The van der Waals surface area contributed by atoms with Crippen LogP contribution in [0.25, 0.3) is 0 Å². The van der Waals surface area contributed by atoms with Gasteiger partial charge in [-0.1, -0.05) is 25.5 Å². The smallest absolute Gasteiger partial charge is 0.0203 e. The van der Waals surface area contributed by atoms with E-state index in [1.165, 1.54) is 12.0 Å². The Morgan fingerprint density at radius 3 is 2.60 bits per heavy atom. The fourth-order valence-electron chi connectivity index (χ4n) is 1.56. The van der Waals surface area contributed by atoms with E-state index in [-0.39, 0.29) is 0 Å². The summed E-state index contributed by atoms with van der Waals surface area (Å²) in [4.78, 5) is 0. The van der Waals surface area contributed by atoms with E-state index in [0.29, 0.717) is 5.92 Å². The minimum Gasteiger partial charge on any atom is -0.0822 e. The van der Waals surface area contributed by atoms with Crippen molar-refractivity contribution in [2.24, 2.45) is 17.8 Å². The Bertz CT molecular complexity index is 144. The highest BCUT2D eigenvalue weighted by molar-refractivity contribution is 5.11. The Hall–Kier alpha value is -0.260. The van der Waals surface area contributed by atoms with E-state index in [4.69, 9.17) is 0 Å². The number of allylic oxidation sites excluding steroid dienone is 2. The molecule has 0 heteroatoms. The number of hydrogen-bond acceptors (Lipinski definition) is 0. The van der Waals surface area contributed by atoms with E-state index in [9.17, 15) is 0 Å². The van der Waals surface area contributed by atoms with Gasteiger partial charge in [0.1, 0.15) is 0 Å². The van der Waals surface area contributed by atoms with Crippen LogP contribution in [0.3, 0.4) is 0 Å². The molecule has 0 heterocycles. The lowest BCUT2D eigenvalue weighted by atomic mass is 9.78. The normalized spacial score (nSPS) is 41.2. The van der Waals surface area contributed by atoms with Crippen LogP contribution in [0.1, 0.15) is 27.2 Å². The Labute approximate surface area is 64.3 Å². The molecule has 1 radical (unpaired) electrons. The predicted molar refractivity (Wildman–Crippen MR) is 45.5 cm³/mol. The zero-order valence-electron chi connectivity index (χ0n) is 7.22. The molecular weight excluding hydrogens is 120 g/mol. The summed E-state index contributed by atoms with van der Waals surface area (Å²) in [6.07, 6.45) is 3.63. The molecule has 0 N–H and O–H groups in total. The van der Waals surface area contributed by atoms with Crippen LogP contribution in [0.5, 0.6) is 0 Å². The minimum absolute atomic E-state index is 0.575. The SMILES string of the molecule is [CH2][C@H]1CC(C)C(C)C=C1C. The lowest BCUT2D eigenvalue weighted by molar-refractivity contribution is 0.366. The van der Waals surface area contributed by atoms with Gasteiger partial charge in [0.2, 0.25) is 0 Å². The molecule has 1 aliphatic rings. The van der Waals surface area contributed by atoms with Crippen LogP contribution in [0.15, 0.2) is 11.6 Å². The van der Waals surface area contributed by atoms with E-state index < -0.39 is 0 Å². The predicted octanol–water partition coefficient (Wildman–Crippen LogP) is 3.06. The molecule has 0 spiro atoms. The summed E-state index contributed by atoms with van der Waals surface area (Å²) in [5.74, 6) is 2.16. The van der Waals surface area contributed by atoms with Crippen molar-refractivity contribution in [3.8, 4) is 0 Å². The van der Waals surface area contributed by atoms with Gasteiger partial charge in [-0.2, -0.15) is 0 Å². The van der Waals surface area contributed by atoms with E-state index in [0.717, 1.165) is 11.8 Å². The summed E-state index contributed by atoms with van der Waals surface area (Å²) >= 11 is 0. The van der Waals surface area contributed by atoms with Crippen molar-refractivity contribution in [3.63, 3.8) is 0 Å². The van der Waals surface area contributed by atoms with Crippen LogP contribution in [-0.2, 0) is 0 Å². The Morgan fingerprint density at radius 2 is 2.10 bits per heavy atom. The van der Waals surface area contributed by atoms with Crippen LogP contribution in [-0.4, -0.2) is 0 Å². The molecule has 0 aromatic carbocycles. The number of rotatable bonds is 0. The summed E-state index contributed by atoms with van der Waals surface area (Å²) < 4.78 is 0. The van der Waals surface area contributed by atoms with Gasteiger partial charge in [0.05, 0.1) is 0 Å². The third kappa shape index (κ3) is 1.42. The molecule has 0 amide bonds. The molecular formula is C10H17. The molecule has 0 aliphatic heterocycles. The van der Waals surface area contributed by atoms with Crippen LogP contribution in [0, 0.1) is 24.7 Å².